The second-order valence-electron chi connectivity index (χ2n) is 7.39. The maximum absolute atomic E-state index is 12.3. The number of piperidine rings is 1. The monoisotopic (exact) mass is 380 g/mol. The molecule has 1 fully saturated rings. The van der Waals surface area contributed by atoms with Gasteiger partial charge in [-0.15, -0.1) is 0 Å². The normalized spacial score (nSPS) is 16.5. The van der Waals surface area contributed by atoms with E-state index < -0.39 is 0 Å². The fourth-order valence-corrected chi connectivity index (χ4v) is 3.40. The second-order valence-corrected chi connectivity index (χ2v) is 7.39. The largest absolute Gasteiger partial charge is 0.489 e. The molecule has 148 valence electrons. The quantitative estimate of drug-likeness (QED) is 0.798. The minimum atomic E-state index is -0.172. The Balaban J connectivity index is 1.41. The van der Waals surface area contributed by atoms with Crippen molar-refractivity contribution in [1.82, 2.24) is 10.2 Å². The van der Waals surface area contributed by atoms with Gasteiger partial charge >= 0.3 is 0 Å². The van der Waals surface area contributed by atoms with E-state index in [4.69, 9.17) is 4.74 Å². The third kappa shape index (κ3) is 5.84. The van der Waals surface area contributed by atoms with Gasteiger partial charge in [0.25, 0.3) is 5.91 Å². The van der Waals surface area contributed by atoms with Gasteiger partial charge in [-0.25, -0.2) is 0 Å². The summed E-state index contributed by atoms with van der Waals surface area (Å²) in [6.07, 6.45) is 2.60. The number of rotatable bonds is 7. The van der Waals surface area contributed by atoms with E-state index in [1.54, 1.807) is 24.3 Å². The maximum atomic E-state index is 12.3. The van der Waals surface area contributed by atoms with Crippen LogP contribution in [0.1, 0.15) is 42.1 Å². The van der Waals surface area contributed by atoms with Crippen molar-refractivity contribution in [1.29, 1.82) is 0 Å². The fraction of sp³-hybridized carbons (Fsp3) is 0.391. The first kappa shape index (κ1) is 19.9. The van der Waals surface area contributed by atoms with Crippen LogP contribution in [0.3, 0.4) is 0 Å². The molecule has 1 aliphatic rings. The molecule has 2 aromatic carbocycles. The van der Waals surface area contributed by atoms with Crippen LogP contribution in [0, 0.1) is 5.92 Å². The van der Waals surface area contributed by atoms with Crippen molar-refractivity contribution in [2.45, 2.75) is 32.8 Å². The summed E-state index contributed by atoms with van der Waals surface area (Å²) in [5.74, 6) is 1.23. The maximum Gasteiger partial charge on any atom is 0.251 e. The summed E-state index contributed by atoms with van der Waals surface area (Å²) in [7, 11) is 0. The molecule has 1 aliphatic heterocycles. The number of likely N-dealkylation sites (tertiary alicyclic amines) is 1. The number of amides is 2. The second kappa shape index (κ2) is 9.93. The van der Waals surface area contributed by atoms with Crippen molar-refractivity contribution < 1.29 is 14.3 Å². The Bertz CT molecular complexity index is 774. The van der Waals surface area contributed by atoms with Gasteiger partial charge in [-0.3, -0.25) is 9.59 Å². The van der Waals surface area contributed by atoms with Crippen molar-refractivity contribution in [3.05, 3.63) is 65.7 Å². The molecule has 0 spiro atoms. The summed E-state index contributed by atoms with van der Waals surface area (Å²) >= 11 is 0. The van der Waals surface area contributed by atoms with E-state index in [9.17, 15) is 9.59 Å². The van der Waals surface area contributed by atoms with Gasteiger partial charge in [-0.2, -0.15) is 0 Å². The predicted molar refractivity (Wildman–Crippen MR) is 109 cm³/mol. The highest BCUT2D eigenvalue weighted by atomic mass is 16.5. The van der Waals surface area contributed by atoms with Gasteiger partial charge in [-0.05, 0) is 48.6 Å². The van der Waals surface area contributed by atoms with Crippen molar-refractivity contribution in [2.24, 2.45) is 5.92 Å². The van der Waals surface area contributed by atoms with Gasteiger partial charge in [0.05, 0.1) is 0 Å². The standard InChI is InChI=1S/C23H28N2O3/c1-18-6-5-15-25(16-18)22(26)13-14-24-23(27)20-9-11-21(12-10-20)28-17-19-7-3-2-4-8-19/h2-4,7-12,18H,5-6,13-17H2,1H3,(H,24,27). The first-order valence-electron chi connectivity index (χ1n) is 9.94. The summed E-state index contributed by atoms with van der Waals surface area (Å²) in [4.78, 5) is 26.4. The molecule has 3 rings (SSSR count). The zero-order valence-corrected chi connectivity index (χ0v) is 16.4. The van der Waals surface area contributed by atoms with E-state index in [1.165, 1.54) is 6.42 Å². The molecule has 28 heavy (non-hydrogen) atoms. The lowest BCUT2D eigenvalue weighted by molar-refractivity contribution is -0.132. The lowest BCUT2D eigenvalue weighted by atomic mass is 10.00. The molecule has 1 unspecified atom stereocenters. The van der Waals surface area contributed by atoms with Crippen LogP contribution in [0.2, 0.25) is 0 Å². The summed E-state index contributed by atoms with van der Waals surface area (Å²) < 4.78 is 5.73. The van der Waals surface area contributed by atoms with E-state index in [0.717, 1.165) is 30.8 Å². The Morgan fingerprint density at radius 2 is 1.86 bits per heavy atom. The predicted octanol–water partition coefficient (Wildman–Crippen LogP) is 3.64. The molecule has 0 bridgehead atoms. The third-order valence-corrected chi connectivity index (χ3v) is 5.00. The summed E-state index contributed by atoms with van der Waals surface area (Å²) in [5, 5.41) is 2.83. The van der Waals surface area contributed by atoms with Gasteiger partial charge < -0.3 is 15.0 Å². The molecule has 0 aromatic heterocycles. The molecule has 1 N–H and O–H groups in total. The molecule has 2 aromatic rings. The van der Waals surface area contributed by atoms with Crippen molar-refractivity contribution in [3.8, 4) is 5.75 Å². The van der Waals surface area contributed by atoms with Gasteiger partial charge in [0, 0.05) is 31.6 Å². The molecular formula is C23H28N2O3. The van der Waals surface area contributed by atoms with Crippen LogP contribution in [-0.4, -0.2) is 36.3 Å². The number of hydrogen-bond donors (Lipinski definition) is 1. The van der Waals surface area contributed by atoms with E-state index in [2.05, 4.69) is 12.2 Å². The number of nitrogens with zero attached hydrogens (tertiary/aromatic N) is 1. The number of carbonyl (C=O) groups excluding carboxylic acids is 2. The molecular weight excluding hydrogens is 352 g/mol. The molecule has 1 saturated heterocycles. The van der Waals surface area contributed by atoms with Crippen LogP contribution in [0.4, 0.5) is 0 Å². The topological polar surface area (TPSA) is 58.6 Å². The number of benzene rings is 2. The third-order valence-electron chi connectivity index (χ3n) is 5.00. The summed E-state index contributed by atoms with van der Waals surface area (Å²) in [6, 6.07) is 17.0. The minimum absolute atomic E-state index is 0.122. The van der Waals surface area contributed by atoms with Crippen molar-refractivity contribution in [3.63, 3.8) is 0 Å². The fourth-order valence-electron chi connectivity index (χ4n) is 3.40. The molecule has 1 atom stereocenters. The summed E-state index contributed by atoms with van der Waals surface area (Å²) in [5.41, 5.74) is 1.66. The van der Waals surface area contributed by atoms with Crippen LogP contribution in [0.15, 0.2) is 54.6 Å². The molecule has 1 heterocycles. The van der Waals surface area contributed by atoms with Crippen LogP contribution in [0.25, 0.3) is 0 Å². The molecule has 5 heteroatoms. The highest BCUT2D eigenvalue weighted by Crippen LogP contribution is 2.16. The van der Waals surface area contributed by atoms with Gasteiger partial charge in [0.1, 0.15) is 12.4 Å². The average molecular weight is 380 g/mol. The first-order chi connectivity index (χ1) is 13.6. The highest BCUT2D eigenvalue weighted by molar-refractivity contribution is 5.94. The Kier molecular flexibility index (Phi) is 7.06. The first-order valence-corrected chi connectivity index (χ1v) is 9.94. The smallest absolute Gasteiger partial charge is 0.251 e. The van der Waals surface area contributed by atoms with Gasteiger partial charge in [0.15, 0.2) is 0 Å². The Morgan fingerprint density at radius 1 is 1.11 bits per heavy atom. The van der Waals surface area contributed by atoms with Crippen LogP contribution in [0.5, 0.6) is 5.75 Å². The zero-order chi connectivity index (χ0) is 19.8. The van der Waals surface area contributed by atoms with Gasteiger partial charge in [0.2, 0.25) is 5.91 Å². The Morgan fingerprint density at radius 3 is 2.57 bits per heavy atom. The zero-order valence-electron chi connectivity index (χ0n) is 16.4. The van der Waals surface area contributed by atoms with Crippen molar-refractivity contribution in [2.75, 3.05) is 19.6 Å². The average Bonchev–Trinajstić information content (AvgIpc) is 2.73. The van der Waals surface area contributed by atoms with Gasteiger partial charge in [-0.1, -0.05) is 37.3 Å². The molecule has 2 amide bonds. The number of ether oxygens (including phenoxy) is 1. The molecule has 0 aliphatic carbocycles. The number of hydrogen-bond acceptors (Lipinski definition) is 3. The minimum Gasteiger partial charge on any atom is -0.489 e. The highest BCUT2D eigenvalue weighted by Gasteiger charge is 2.20. The van der Waals surface area contributed by atoms with Crippen LogP contribution >= 0.6 is 0 Å². The molecule has 0 radical (unpaired) electrons. The lowest BCUT2D eigenvalue weighted by Gasteiger charge is -2.31. The number of carbonyl (C=O) groups is 2. The summed E-state index contributed by atoms with van der Waals surface area (Å²) in [6.45, 7) is 4.69. The van der Waals surface area contributed by atoms with E-state index in [-0.39, 0.29) is 11.8 Å². The SMILES string of the molecule is CC1CCCN(C(=O)CCNC(=O)c2ccc(OCc3ccccc3)cc2)C1. The molecule has 5 nitrogen and oxygen atoms in total. The molecule has 0 saturated carbocycles. The lowest BCUT2D eigenvalue weighted by Crippen LogP contribution is -2.40. The van der Waals surface area contributed by atoms with Crippen molar-refractivity contribution >= 4 is 11.8 Å². The Labute approximate surface area is 166 Å². The van der Waals surface area contributed by atoms with Crippen LogP contribution in [-0.2, 0) is 11.4 Å². The van der Waals surface area contributed by atoms with E-state index in [0.29, 0.717) is 31.1 Å². The number of nitrogens with one attached hydrogen (secondary N) is 1. The Hall–Kier alpha value is -2.82. The van der Waals surface area contributed by atoms with Crippen LogP contribution < -0.4 is 10.1 Å². The van der Waals surface area contributed by atoms with E-state index in [1.807, 2.05) is 35.2 Å². The van der Waals surface area contributed by atoms with E-state index >= 15 is 0 Å².